The molecule has 0 saturated carbocycles. The number of hydrogen-bond acceptors (Lipinski definition) is 6. The lowest BCUT2D eigenvalue weighted by Crippen LogP contribution is -2.51. The molecule has 0 radical (unpaired) electrons. The Morgan fingerprint density at radius 1 is 1.03 bits per heavy atom. The first-order valence-corrected chi connectivity index (χ1v) is 10.9. The number of carbonyl (C=O) groups excluding carboxylic acids is 2. The van der Waals surface area contributed by atoms with E-state index in [4.69, 9.17) is 9.47 Å². The summed E-state index contributed by atoms with van der Waals surface area (Å²) in [6.07, 6.45) is 3.61. The van der Waals surface area contributed by atoms with Crippen molar-refractivity contribution in [2.75, 3.05) is 39.4 Å². The van der Waals surface area contributed by atoms with Gasteiger partial charge in [0, 0.05) is 39.1 Å². The molecule has 166 valence electrons. The largest absolute Gasteiger partial charge is 0.484 e. The summed E-state index contributed by atoms with van der Waals surface area (Å²) in [5, 5.41) is 0.513. The molecule has 0 bridgehead atoms. The molecular weight excluding hydrogens is 400 g/mol. The normalized spacial score (nSPS) is 16.5. The van der Waals surface area contributed by atoms with Crippen molar-refractivity contribution in [3.63, 3.8) is 0 Å². The van der Waals surface area contributed by atoms with Gasteiger partial charge in [0.2, 0.25) is 0 Å². The van der Waals surface area contributed by atoms with Crippen LogP contribution in [0.25, 0.3) is 10.9 Å². The highest BCUT2D eigenvalue weighted by atomic mass is 16.6. The van der Waals surface area contributed by atoms with Gasteiger partial charge in [0.15, 0.2) is 6.61 Å². The van der Waals surface area contributed by atoms with Crippen LogP contribution in [0, 0.1) is 0 Å². The van der Waals surface area contributed by atoms with E-state index in [1.807, 2.05) is 0 Å². The number of nitrogens with zero attached hydrogens (tertiary/aromatic N) is 4. The molecule has 4 rings (SSSR count). The summed E-state index contributed by atoms with van der Waals surface area (Å²) in [6, 6.07) is 5.20. The summed E-state index contributed by atoms with van der Waals surface area (Å²) < 4.78 is 12.5. The van der Waals surface area contributed by atoms with Crippen LogP contribution < -0.4 is 10.3 Å². The quantitative estimate of drug-likeness (QED) is 0.737. The molecule has 0 atom stereocenters. The topological polar surface area (TPSA) is 94.0 Å². The second kappa shape index (κ2) is 9.36. The van der Waals surface area contributed by atoms with Crippen LogP contribution in [0.5, 0.6) is 5.75 Å². The Balaban J connectivity index is 1.39. The van der Waals surface area contributed by atoms with Gasteiger partial charge in [0.25, 0.3) is 11.5 Å². The van der Waals surface area contributed by atoms with Gasteiger partial charge >= 0.3 is 6.09 Å². The molecule has 9 heteroatoms. The van der Waals surface area contributed by atoms with E-state index in [2.05, 4.69) is 4.98 Å². The Kier molecular flexibility index (Phi) is 6.39. The maximum atomic E-state index is 12.9. The molecule has 0 spiro atoms. The van der Waals surface area contributed by atoms with E-state index in [0.29, 0.717) is 56.0 Å². The van der Waals surface area contributed by atoms with Gasteiger partial charge in [0.05, 0.1) is 17.5 Å². The fourth-order valence-electron chi connectivity index (χ4n) is 4.08. The van der Waals surface area contributed by atoms with Gasteiger partial charge in [-0.05, 0) is 38.0 Å². The lowest BCUT2D eigenvalue weighted by molar-refractivity contribution is -0.134. The van der Waals surface area contributed by atoms with Gasteiger partial charge in [-0.25, -0.2) is 9.78 Å². The molecule has 2 amide bonds. The van der Waals surface area contributed by atoms with Crippen LogP contribution in [0.1, 0.15) is 32.0 Å². The standard InChI is InChI=1S/C22H28N4O5/c1-2-30-22(29)25-12-10-24(11-13-25)20(27)15-31-16-7-8-18-17(14-16)21(28)26-9-5-3-4-6-19(26)23-18/h7-8,14H,2-6,9-13,15H2,1H3. The highest BCUT2D eigenvalue weighted by Gasteiger charge is 2.25. The van der Waals surface area contributed by atoms with Crippen molar-refractivity contribution < 1.29 is 19.1 Å². The highest BCUT2D eigenvalue weighted by molar-refractivity contribution is 5.80. The average molecular weight is 428 g/mol. The fraction of sp³-hybridized carbons (Fsp3) is 0.545. The van der Waals surface area contributed by atoms with Crippen LogP contribution in [0.15, 0.2) is 23.0 Å². The van der Waals surface area contributed by atoms with Gasteiger partial charge in [0.1, 0.15) is 11.6 Å². The van der Waals surface area contributed by atoms with Crippen LogP contribution in [-0.2, 0) is 22.5 Å². The molecule has 1 saturated heterocycles. The van der Waals surface area contributed by atoms with Crippen LogP contribution >= 0.6 is 0 Å². The summed E-state index contributed by atoms with van der Waals surface area (Å²) in [7, 11) is 0. The minimum atomic E-state index is -0.347. The Labute approximate surface area is 180 Å². The van der Waals surface area contributed by atoms with E-state index in [0.717, 1.165) is 31.5 Å². The predicted octanol–water partition coefficient (Wildman–Crippen LogP) is 1.80. The third-order valence-electron chi connectivity index (χ3n) is 5.81. The first kappa shape index (κ1) is 21.1. The molecule has 0 aliphatic carbocycles. The van der Waals surface area contributed by atoms with E-state index < -0.39 is 0 Å². The second-order valence-electron chi connectivity index (χ2n) is 7.83. The Bertz CT molecular complexity index is 1030. The monoisotopic (exact) mass is 428 g/mol. The number of carbonyl (C=O) groups is 2. The SMILES string of the molecule is CCOC(=O)N1CCN(C(=O)COc2ccc3nc4n(c(=O)c3c2)CCCCC4)CC1. The zero-order chi connectivity index (χ0) is 21.8. The molecule has 2 aliphatic rings. The number of benzene rings is 1. The summed E-state index contributed by atoms with van der Waals surface area (Å²) >= 11 is 0. The molecule has 1 aromatic heterocycles. The number of amides is 2. The molecule has 2 aliphatic heterocycles. The highest BCUT2D eigenvalue weighted by Crippen LogP contribution is 2.20. The molecule has 9 nitrogen and oxygen atoms in total. The van der Waals surface area contributed by atoms with Crippen molar-refractivity contribution >= 4 is 22.9 Å². The van der Waals surface area contributed by atoms with E-state index in [9.17, 15) is 14.4 Å². The van der Waals surface area contributed by atoms with Gasteiger partial charge in [-0.2, -0.15) is 0 Å². The van der Waals surface area contributed by atoms with Crippen molar-refractivity contribution in [1.82, 2.24) is 19.4 Å². The van der Waals surface area contributed by atoms with Gasteiger partial charge in [-0.1, -0.05) is 6.42 Å². The van der Waals surface area contributed by atoms with Gasteiger partial charge < -0.3 is 19.3 Å². The molecule has 1 aromatic carbocycles. The van der Waals surface area contributed by atoms with Gasteiger partial charge in [-0.15, -0.1) is 0 Å². The van der Waals surface area contributed by atoms with Crippen molar-refractivity contribution in [2.45, 2.75) is 39.2 Å². The first-order chi connectivity index (χ1) is 15.1. The van der Waals surface area contributed by atoms with Crippen LogP contribution in [0.4, 0.5) is 4.79 Å². The number of rotatable bonds is 4. The first-order valence-electron chi connectivity index (χ1n) is 10.9. The average Bonchev–Trinajstić information content (AvgIpc) is 3.04. The maximum Gasteiger partial charge on any atom is 0.409 e. The van der Waals surface area contributed by atoms with E-state index in [1.54, 1.807) is 39.5 Å². The summed E-state index contributed by atoms with van der Waals surface area (Å²) in [5.74, 6) is 1.17. The molecule has 31 heavy (non-hydrogen) atoms. The summed E-state index contributed by atoms with van der Waals surface area (Å²) in [6.45, 7) is 4.43. The Hall–Kier alpha value is -3.10. The smallest absolute Gasteiger partial charge is 0.409 e. The Morgan fingerprint density at radius 3 is 2.58 bits per heavy atom. The van der Waals surface area contributed by atoms with E-state index in [-0.39, 0.29) is 24.2 Å². The van der Waals surface area contributed by atoms with Crippen LogP contribution in [0.2, 0.25) is 0 Å². The minimum absolute atomic E-state index is 0.0474. The Morgan fingerprint density at radius 2 is 1.81 bits per heavy atom. The molecule has 3 heterocycles. The minimum Gasteiger partial charge on any atom is -0.484 e. The van der Waals surface area contributed by atoms with E-state index in [1.165, 1.54) is 0 Å². The summed E-state index contributed by atoms with van der Waals surface area (Å²) in [4.78, 5) is 45.2. The zero-order valence-electron chi connectivity index (χ0n) is 17.8. The zero-order valence-corrected chi connectivity index (χ0v) is 17.8. The number of ether oxygens (including phenoxy) is 2. The van der Waals surface area contributed by atoms with Gasteiger partial charge in [-0.3, -0.25) is 14.2 Å². The molecule has 1 fully saturated rings. The van der Waals surface area contributed by atoms with Crippen molar-refractivity contribution in [3.05, 3.63) is 34.4 Å². The lowest BCUT2D eigenvalue weighted by atomic mass is 10.2. The van der Waals surface area contributed by atoms with Crippen molar-refractivity contribution in [3.8, 4) is 5.75 Å². The third kappa shape index (κ3) is 4.65. The number of piperazine rings is 1. The molecule has 0 unspecified atom stereocenters. The maximum absolute atomic E-state index is 12.9. The van der Waals surface area contributed by atoms with E-state index >= 15 is 0 Å². The lowest BCUT2D eigenvalue weighted by Gasteiger charge is -2.33. The number of aryl methyl sites for hydroxylation is 1. The number of fused-ring (bicyclic) bond motifs is 2. The molecular formula is C22H28N4O5. The fourth-order valence-corrected chi connectivity index (χ4v) is 4.08. The third-order valence-corrected chi connectivity index (χ3v) is 5.81. The van der Waals surface area contributed by atoms with Crippen LogP contribution in [0.3, 0.4) is 0 Å². The van der Waals surface area contributed by atoms with Crippen molar-refractivity contribution in [2.24, 2.45) is 0 Å². The second-order valence-corrected chi connectivity index (χ2v) is 7.83. The van der Waals surface area contributed by atoms with Crippen LogP contribution in [-0.4, -0.2) is 70.7 Å². The molecule has 0 N–H and O–H groups in total. The number of hydrogen-bond donors (Lipinski definition) is 0. The predicted molar refractivity (Wildman–Crippen MR) is 114 cm³/mol. The summed E-state index contributed by atoms with van der Waals surface area (Å²) in [5.41, 5.74) is 0.612. The number of aromatic nitrogens is 2. The van der Waals surface area contributed by atoms with Crippen molar-refractivity contribution in [1.29, 1.82) is 0 Å². The molecule has 2 aromatic rings.